The van der Waals surface area contributed by atoms with Crippen molar-refractivity contribution in [1.29, 1.82) is 0 Å². The SMILES string of the molecule is CC(N1CC1C)=[N+]1CC1C. The lowest BCUT2D eigenvalue weighted by atomic mass is 10.5. The van der Waals surface area contributed by atoms with Gasteiger partial charge in [0.25, 0.3) is 0 Å². The third kappa shape index (κ3) is 0.825. The summed E-state index contributed by atoms with van der Waals surface area (Å²) in [5.74, 6) is 1.49. The Kier molecular flexibility index (Phi) is 1.08. The second-order valence-corrected chi connectivity index (χ2v) is 3.55. The van der Waals surface area contributed by atoms with Gasteiger partial charge in [-0.25, -0.2) is 0 Å². The van der Waals surface area contributed by atoms with E-state index < -0.39 is 0 Å². The summed E-state index contributed by atoms with van der Waals surface area (Å²) in [7, 11) is 0. The normalized spacial score (nSPS) is 41.7. The predicted octanol–water partition coefficient (Wildman–Crippen LogP) is 0.524. The van der Waals surface area contributed by atoms with Gasteiger partial charge in [-0.3, -0.25) is 9.48 Å². The average Bonchev–Trinajstić information content (AvgIpc) is 2.70. The molecule has 2 aliphatic rings. The third-order valence-corrected chi connectivity index (χ3v) is 2.55. The Hall–Kier alpha value is -0.530. The molecular formula is C8H15N2+. The van der Waals surface area contributed by atoms with Gasteiger partial charge in [0.2, 0.25) is 5.84 Å². The second kappa shape index (κ2) is 1.74. The van der Waals surface area contributed by atoms with E-state index in [9.17, 15) is 0 Å². The van der Waals surface area contributed by atoms with E-state index in [-0.39, 0.29) is 0 Å². The molecule has 0 saturated carbocycles. The Morgan fingerprint density at radius 3 is 2.30 bits per heavy atom. The summed E-state index contributed by atoms with van der Waals surface area (Å²) in [4.78, 5) is 2.45. The van der Waals surface area contributed by atoms with Gasteiger partial charge in [0.1, 0.15) is 25.2 Å². The smallest absolute Gasteiger partial charge is 0.244 e. The summed E-state index contributed by atoms with van der Waals surface area (Å²) in [6.45, 7) is 9.33. The van der Waals surface area contributed by atoms with Gasteiger partial charge in [0.15, 0.2) is 0 Å². The zero-order valence-electron chi connectivity index (χ0n) is 6.96. The standard InChI is InChI=1S/C8H15N2/c1-6-4-9(6)8(3)10-5-7(10)2/h6-7H,4-5H2,1-3H3/q+1. The lowest BCUT2D eigenvalue weighted by molar-refractivity contribution is -0.363. The van der Waals surface area contributed by atoms with Crippen LogP contribution in [-0.4, -0.2) is 40.5 Å². The van der Waals surface area contributed by atoms with E-state index in [2.05, 4.69) is 30.2 Å². The molecule has 0 radical (unpaired) electrons. The Morgan fingerprint density at radius 2 is 2.00 bits per heavy atom. The van der Waals surface area contributed by atoms with E-state index in [0.29, 0.717) is 0 Å². The van der Waals surface area contributed by atoms with Gasteiger partial charge >= 0.3 is 0 Å². The molecule has 0 aromatic heterocycles. The van der Waals surface area contributed by atoms with Crippen LogP contribution in [0.3, 0.4) is 0 Å². The van der Waals surface area contributed by atoms with Crippen LogP contribution in [-0.2, 0) is 0 Å². The maximum absolute atomic E-state index is 2.45. The van der Waals surface area contributed by atoms with Crippen LogP contribution in [0.5, 0.6) is 0 Å². The van der Waals surface area contributed by atoms with Crippen LogP contribution in [0.25, 0.3) is 0 Å². The molecule has 2 nitrogen and oxygen atoms in total. The van der Waals surface area contributed by atoms with E-state index in [1.54, 1.807) is 0 Å². The van der Waals surface area contributed by atoms with Gasteiger partial charge in [0, 0.05) is 6.92 Å². The summed E-state index contributed by atoms with van der Waals surface area (Å²) in [5, 5.41) is 0. The summed E-state index contributed by atoms with van der Waals surface area (Å²) >= 11 is 0. The Balaban J connectivity index is 2.06. The van der Waals surface area contributed by atoms with Crippen molar-refractivity contribution in [2.75, 3.05) is 13.1 Å². The highest BCUT2D eigenvalue weighted by Gasteiger charge is 2.44. The van der Waals surface area contributed by atoms with Crippen LogP contribution in [0, 0.1) is 0 Å². The fraction of sp³-hybridized carbons (Fsp3) is 0.875. The van der Waals surface area contributed by atoms with E-state index in [1.807, 2.05) is 0 Å². The number of rotatable bonds is 0. The number of amidine groups is 1. The maximum Gasteiger partial charge on any atom is 0.244 e. The molecule has 0 bridgehead atoms. The molecule has 0 amide bonds. The summed E-state index contributed by atoms with van der Waals surface area (Å²) in [6.07, 6.45) is 0. The van der Waals surface area contributed by atoms with Crippen LogP contribution >= 0.6 is 0 Å². The van der Waals surface area contributed by atoms with Gasteiger partial charge in [-0.1, -0.05) is 0 Å². The van der Waals surface area contributed by atoms with Crippen LogP contribution in [0.1, 0.15) is 20.8 Å². The highest BCUT2D eigenvalue weighted by Crippen LogP contribution is 2.20. The van der Waals surface area contributed by atoms with Crippen LogP contribution in [0.2, 0.25) is 0 Å². The van der Waals surface area contributed by atoms with Gasteiger partial charge in [-0.2, -0.15) is 0 Å². The number of nitrogens with zero attached hydrogens (tertiary/aromatic N) is 2. The highest BCUT2D eigenvalue weighted by molar-refractivity contribution is 5.78. The van der Waals surface area contributed by atoms with Gasteiger partial charge < -0.3 is 0 Å². The van der Waals surface area contributed by atoms with Crippen molar-refractivity contribution in [2.24, 2.45) is 0 Å². The van der Waals surface area contributed by atoms with E-state index >= 15 is 0 Å². The Labute approximate surface area is 62.1 Å². The molecule has 2 aliphatic heterocycles. The van der Waals surface area contributed by atoms with Crippen LogP contribution in [0.4, 0.5) is 0 Å². The van der Waals surface area contributed by atoms with Crippen molar-refractivity contribution in [3.8, 4) is 0 Å². The molecule has 0 aliphatic carbocycles. The molecule has 56 valence electrons. The fourth-order valence-electron chi connectivity index (χ4n) is 1.54. The van der Waals surface area contributed by atoms with Gasteiger partial charge in [-0.15, -0.1) is 0 Å². The summed E-state index contributed by atoms with van der Waals surface area (Å²) in [5.41, 5.74) is 0. The zero-order chi connectivity index (χ0) is 7.30. The van der Waals surface area contributed by atoms with Crippen molar-refractivity contribution >= 4 is 5.84 Å². The first-order valence-corrected chi connectivity index (χ1v) is 4.07. The Bertz CT molecular complexity index is 195. The first-order chi connectivity index (χ1) is 4.70. The lowest BCUT2D eigenvalue weighted by Crippen LogP contribution is -2.14. The van der Waals surface area contributed by atoms with E-state index in [4.69, 9.17) is 0 Å². The number of hydrogen-bond acceptors (Lipinski definition) is 0. The van der Waals surface area contributed by atoms with Crippen molar-refractivity contribution in [2.45, 2.75) is 32.9 Å². The van der Waals surface area contributed by atoms with Crippen molar-refractivity contribution in [3.05, 3.63) is 0 Å². The molecule has 0 N–H and O–H groups in total. The van der Waals surface area contributed by atoms with E-state index in [1.165, 1.54) is 18.9 Å². The zero-order valence-corrected chi connectivity index (χ0v) is 6.96. The monoisotopic (exact) mass is 139 g/mol. The predicted molar refractivity (Wildman–Crippen MR) is 41.4 cm³/mol. The molecule has 0 aromatic rings. The molecule has 2 atom stereocenters. The fourth-order valence-corrected chi connectivity index (χ4v) is 1.54. The van der Waals surface area contributed by atoms with Crippen molar-refractivity contribution in [1.82, 2.24) is 4.90 Å². The molecule has 2 saturated heterocycles. The lowest BCUT2D eigenvalue weighted by Gasteiger charge is -1.91. The molecule has 0 aromatic carbocycles. The average molecular weight is 139 g/mol. The third-order valence-electron chi connectivity index (χ3n) is 2.55. The topological polar surface area (TPSA) is 6.02 Å². The highest BCUT2D eigenvalue weighted by atomic mass is 15.4. The molecule has 2 rings (SSSR count). The molecule has 2 fully saturated rings. The largest absolute Gasteiger partial charge is 0.255 e. The van der Waals surface area contributed by atoms with Crippen molar-refractivity contribution < 1.29 is 4.58 Å². The molecule has 2 unspecified atom stereocenters. The molecule has 2 heterocycles. The van der Waals surface area contributed by atoms with Crippen LogP contribution in [0.15, 0.2) is 0 Å². The molecule has 0 spiro atoms. The van der Waals surface area contributed by atoms with Crippen molar-refractivity contribution in [3.63, 3.8) is 0 Å². The van der Waals surface area contributed by atoms with Crippen LogP contribution < -0.4 is 0 Å². The summed E-state index contributed by atoms with van der Waals surface area (Å²) < 4.78 is 2.45. The minimum atomic E-state index is 0.813. The van der Waals surface area contributed by atoms with Gasteiger partial charge in [-0.05, 0) is 13.8 Å². The molecular weight excluding hydrogens is 124 g/mol. The second-order valence-electron chi connectivity index (χ2n) is 3.55. The quantitative estimate of drug-likeness (QED) is 0.269. The molecule has 10 heavy (non-hydrogen) atoms. The van der Waals surface area contributed by atoms with E-state index in [0.717, 1.165) is 12.1 Å². The minimum Gasteiger partial charge on any atom is -0.255 e. The first-order valence-electron chi connectivity index (χ1n) is 4.07. The number of hydrogen-bond donors (Lipinski definition) is 0. The molecule has 2 heteroatoms. The van der Waals surface area contributed by atoms with Gasteiger partial charge in [0.05, 0.1) is 0 Å². The maximum atomic E-state index is 2.45. The summed E-state index contributed by atoms with van der Waals surface area (Å²) in [6, 6.07) is 1.63. The first kappa shape index (κ1) is 6.20. The Morgan fingerprint density at radius 1 is 1.50 bits per heavy atom. The minimum absolute atomic E-state index is 0.813.